The molecule has 0 unspecified atom stereocenters. The van der Waals surface area contributed by atoms with Crippen LogP contribution in [-0.4, -0.2) is 15.0 Å². The third-order valence-electron chi connectivity index (χ3n) is 31.3. The van der Waals surface area contributed by atoms with Crippen molar-refractivity contribution in [2.75, 3.05) is 10.6 Å². The lowest BCUT2D eigenvalue weighted by Gasteiger charge is -2.20. The summed E-state index contributed by atoms with van der Waals surface area (Å²) < 4.78 is 0. The molecular weight excluding hydrogens is 1640 g/mol. The molecule has 136 heavy (non-hydrogen) atoms. The lowest BCUT2D eigenvalue weighted by molar-refractivity contribution is 0.527. The van der Waals surface area contributed by atoms with Gasteiger partial charge in [0, 0.05) is 16.9 Å². The minimum Gasteiger partial charge on any atom is -0.324 e. The Bertz CT molecular complexity index is 2830. The second-order valence-electron chi connectivity index (χ2n) is 44.4. The summed E-state index contributed by atoms with van der Waals surface area (Å²) >= 11 is 0. The van der Waals surface area contributed by atoms with Crippen LogP contribution in [0.25, 0.3) is 11.4 Å². The minimum absolute atomic E-state index is 0.642. The molecule has 1 heterocycles. The van der Waals surface area contributed by atoms with Crippen molar-refractivity contribution in [1.82, 2.24) is 15.0 Å². The molecule has 0 aliphatic heterocycles. The molecule has 785 valence electrons. The molecular formula is C131H236N5. The van der Waals surface area contributed by atoms with Crippen LogP contribution in [0.3, 0.4) is 0 Å². The van der Waals surface area contributed by atoms with E-state index in [1.54, 1.807) is 33.4 Å². The van der Waals surface area contributed by atoms with Crippen molar-refractivity contribution in [2.45, 2.75) is 703 Å². The number of aryl methyl sites for hydroxylation is 4. The van der Waals surface area contributed by atoms with Crippen molar-refractivity contribution in [3.05, 3.63) is 94.4 Å². The van der Waals surface area contributed by atoms with Crippen molar-refractivity contribution in [1.29, 1.82) is 0 Å². The average molecular weight is 1880 g/mol. The van der Waals surface area contributed by atoms with Crippen LogP contribution in [0.1, 0.15) is 697 Å². The Hall–Kier alpha value is -3.73. The first-order chi connectivity index (χ1) is 67.5. The van der Waals surface area contributed by atoms with Gasteiger partial charge in [-0.25, -0.2) is 0 Å². The second-order valence-corrected chi connectivity index (χ2v) is 44.4. The number of hydrogen-bond donors (Lipinski definition) is 2. The summed E-state index contributed by atoms with van der Waals surface area (Å²) in [4.78, 5) is 16.5. The summed E-state index contributed by atoms with van der Waals surface area (Å²) in [6.07, 6.45) is 143. The van der Waals surface area contributed by atoms with Gasteiger partial charge in [-0.05, 0) is 154 Å². The fourth-order valence-electron chi connectivity index (χ4n) is 22.1. The maximum absolute atomic E-state index is 5.53. The zero-order valence-corrected chi connectivity index (χ0v) is 93.0. The second kappa shape index (κ2) is 97.4. The Kier molecular flexibility index (Phi) is 89.2. The molecule has 4 rings (SSSR count). The smallest absolute Gasteiger partial charge is 0.232 e. The zero-order chi connectivity index (χ0) is 96.5. The van der Waals surface area contributed by atoms with Crippen LogP contribution >= 0.6 is 0 Å². The molecule has 0 bridgehead atoms. The average Bonchev–Trinajstić information content (AvgIpc) is 0.798. The predicted octanol–water partition coefficient (Wildman–Crippen LogP) is 46.2. The van der Waals surface area contributed by atoms with Crippen LogP contribution in [0.15, 0.2) is 48.5 Å². The van der Waals surface area contributed by atoms with Crippen molar-refractivity contribution >= 4 is 23.3 Å². The van der Waals surface area contributed by atoms with Gasteiger partial charge in [-0.3, -0.25) is 0 Å². The molecule has 0 amide bonds. The first-order valence-electron chi connectivity index (χ1n) is 62.9. The highest BCUT2D eigenvalue weighted by molar-refractivity contribution is 5.66. The molecule has 0 aliphatic carbocycles. The number of nitrogens with zero attached hydrogens (tertiary/aromatic N) is 3. The molecule has 3 aromatic carbocycles. The van der Waals surface area contributed by atoms with E-state index >= 15 is 0 Å². The van der Waals surface area contributed by atoms with Crippen LogP contribution in [0.4, 0.5) is 23.3 Å². The van der Waals surface area contributed by atoms with Gasteiger partial charge in [0.15, 0.2) is 5.82 Å². The first-order valence-corrected chi connectivity index (χ1v) is 62.9. The number of hydrogen-bond acceptors (Lipinski definition) is 5. The van der Waals surface area contributed by atoms with Gasteiger partial charge >= 0.3 is 0 Å². The lowest BCUT2D eigenvalue weighted by atomic mass is 9.89. The maximum atomic E-state index is 5.53. The fourth-order valence-corrected chi connectivity index (χ4v) is 22.1. The van der Waals surface area contributed by atoms with E-state index in [1.807, 2.05) is 0 Å². The van der Waals surface area contributed by atoms with Gasteiger partial charge in [0.05, 0.1) is 0 Å². The van der Waals surface area contributed by atoms with Crippen molar-refractivity contribution < 1.29 is 0 Å². The molecule has 0 saturated carbocycles. The van der Waals surface area contributed by atoms with E-state index < -0.39 is 0 Å². The molecule has 1 aromatic heterocycles. The largest absolute Gasteiger partial charge is 0.324 e. The Morgan fingerprint density at radius 2 is 0.324 bits per heavy atom. The van der Waals surface area contributed by atoms with E-state index in [9.17, 15) is 0 Å². The summed E-state index contributed by atoms with van der Waals surface area (Å²) in [6.45, 7) is 18.3. The highest BCUT2D eigenvalue weighted by atomic mass is 15.2. The highest BCUT2D eigenvalue weighted by Gasteiger charge is 2.19. The van der Waals surface area contributed by atoms with Crippen LogP contribution in [0, 0.1) is 6.92 Å². The number of anilines is 4. The number of rotatable bonds is 108. The van der Waals surface area contributed by atoms with E-state index in [2.05, 4.69) is 108 Å². The molecule has 5 heteroatoms. The van der Waals surface area contributed by atoms with Gasteiger partial charge in [0.2, 0.25) is 11.9 Å². The van der Waals surface area contributed by atoms with Gasteiger partial charge in [0.25, 0.3) is 0 Å². The molecule has 2 N–H and O–H groups in total. The van der Waals surface area contributed by atoms with Crippen molar-refractivity contribution in [3.63, 3.8) is 0 Å². The molecule has 0 atom stereocenters. The van der Waals surface area contributed by atoms with E-state index in [0.717, 1.165) is 54.9 Å². The maximum Gasteiger partial charge on any atom is 0.232 e. The van der Waals surface area contributed by atoms with Crippen LogP contribution in [-0.2, 0) is 44.9 Å². The van der Waals surface area contributed by atoms with Crippen molar-refractivity contribution in [2.24, 2.45) is 0 Å². The van der Waals surface area contributed by atoms with Crippen LogP contribution in [0.5, 0.6) is 0 Å². The summed E-state index contributed by atoms with van der Waals surface area (Å²) in [5.41, 5.74) is 14.3. The van der Waals surface area contributed by atoms with Gasteiger partial charge in [-0.15, -0.1) is 0 Å². The van der Waals surface area contributed by atoms with Crippen molar-refractivity contribution in [3.8, 4) is 11.4 Å². The van der Waals surface area contributed by atoms with Gasteiger partial charge in [-0.1, -0.05) is 644 Å². The minimum atomic E-state index is 0.642. The Morgan fingerprint density at radius 3 is 0.478 bits per heavy atom. The van der Waals surface area contributed by atoms with E-state index in [0.29, 0.717) is 11.9 Å². The van der Waals surface area contributed by atoms with Gasteiger partial charge < -0.3 is 10.6 Å². The highest BCUT2D eigenvalue weighted by Crippen LogP contribution is 2.35. The standard InChI is InChI=1S/C131H236N5/c1-8-15-21-27-33-39-45-51-57-63-69-75-81-87-93-99-105-121-115-125(116-122(106-100-94-88-82-76-70-64-58-52-46-40-34-28-22-16-9-2)127(121)109-103-97-91-85-79-73-67-61-55-49-43-37-31-25-19-12-5)132-130-134-129(120-113-111-119(14-7)112-114-120)135-131(136-130)133-126-117-123(107-101-95-89-83-77-71-65-59-53-47-41-35-29-23-17-10-3)128(110-104-98-92-86-80-74-68-62-56-50-44-38-32-26-20-13-6)124(118-126)108-102-96-90-84-78-72-66-60-54-48-42-36-30-24-18-11-4/h111-118H,7-110H2,1-6H3,(H2,132,133,134,135,136). The normalized spacial score (nSPS) is 11.7. The lowest BCUT2D eigenvalue weighted by Crippen LogP contribution is -2.09. The SMILES string of the molecule is [CH2]Cc1ccc(-c2nc(Nc3cc(CCCCCCCCCCCCCCCCCC)c(CCCCCCCCCCCCCCCCCC)c(CCCCCCCCCCCCCCCCCC)c3)nc(Nc3cc(CCCCCCCCCCCCCCCCCC)c(CCCCCCCCCCCCCCCCCC)c(CCCCCCCCCCCCCCCCCC)c3)n2)cc1. The third kappa shape index (κ3) is 73.4. The summed E-state index contributed by atoms with van der Waals surface area (Å²) in [5, 5.41) is 8.07. The molecule has 0 spiro atoms. The Morgan fingerprint density at radius 1 is 0.176 bits per heavy atom. The number of nitrogens with one attached hydrogen (secondary N) is 2. The zero-order valence-electron chi connectivity index (χ0n) is 93.0. The van der Waals surface area contributed by atoms with Crippen LogP contribution in [0.2, 0.25) is 0 Å². The number of benzene rings is 3. The Labute approximate surface area is 852 Å². The molecule has 0 saturated heterocycles. The first kappa shape index (κ1) is 125. The van der Waals surface area contributed by atoms with Gasteiger partial charge in [0.1, 0.15) is 0 Å². The third-order valence-corrected chi connectivity index (χ3v) is 31.3. The van der Waals surface area contributed by atoms with Crippen LogP contribution < -0.4 is 10.6 Å². The van der Waals surface area contributed by atoms with E-state index in [-0.39, 0.29) is 0 Å². The Balaban J connectivity index is 1.70. The number of unbranched alkanes of at least 4 members (excludes halogenated alkanes) is 90. The summed E-state index contributed by atoms with van der Waals surface area (Å²) in [6, 6.07) is 19.2. The fraction of sp³-hybridized carbons (Fsp3) is 0.832. The molecule has 5 nitrogen and oxygen atoms in total. The van der Waals surface area contributed by atoms with E-state index in [1.165, 1.54) is 635 Å². The number of aromatic nitrogens is 3. The predicted molar refractivity (Wildman–Crippen MR) is 613 cm³/mol. The molecule has 0 fully saturated rings. The topological polar surface area (TPSA) is 62.7 Å². The quantitative estimate of drug-likeness (QED) is 0.0431. The van der Waals surface area contributed by atoms with Gasteiger partial charge in [-0.2, -0.15) is 15.0 Å². The molecule has 4 aromatic rings. The van der Waals surface area contributed by atoms with E-state index in [4.69, 9.17) is 15.0 Å². The monoisotopic (exact) mass is 1880 g/mol. The molecule has 1 radical (unpaired) electrons. The molecule has 0 aliphatic rings. The summed E-state index contributed by atoms with van der Waals surface area (Å²) in [7, 11) is 0. The summed E-state index contributed by atoms with van der Waals surface area (Å²) in [5.74, 6) is 2.00.